The summed E-state index contributed by atoms with van der Waals surface area (Å²) in [7, 11) is -0.369. The molecule has 0 saturated carbocycles. The van der Waals surface area contributed by atoms with Gasteiger partial charge in [-0.15, -0.1) is 0 Å². The number of rotatable bonds is 2. The fourth-order valence-electron chi connectivity index (χ4n) is 3.17. The second-order valence-electron chi connectivity index (χ2n) is 8.13. The first-order valence-electron chi connectivity index (χ1n) is 8.97. The molecule has 5 nitrogen and oxygen atoms in total. The van der Waals surface area contributed by atoms with E-state index in [1.165, 1.54) is 0 Å². The molecule has 0 aliphatic carbocycles. The zero-order chi connectivity index (χ0) is 17.4. The summed E-state index contributed by atoms with van der Waals surface area (Å²) in [5, 5.41) is 9.63. The maximum Gasteiger partial charge on any atom is 0.495 e. The number of piperidine rings is 1. The Hall–Kier alpha value is -1.11. The zero-order valence-electron chi connectivity index (χ0n) is 15.3. The molecule has 0 radical (unpaired) electrons. The number of aliphatic hydroxyl groups excluding tert-OH is 1. The Labute approximate surface area is 145 Å². The third-order valence-corrected chi connectivity index (χ3v) is 5.86. The zero-order valence-corrected chi connectivity index (χ0v) is 15.3. The van der Waals surface area contributed by atoms with Gasteiger partial charge in [-0.05, 0) is 44.6 Å². The maximum atomic E-state index is 9.63. The van der Waals surface area contributed by atoms with Gasteiger partial charge in [-0.3, -0.25) is 0 Å². The van der Waals surface area contributed by atoms with Crippen LogP contribution in [0.15, 0.2) is 18.3 Å². The number of aromatic nitrogens is 1. The Balaban J connectivity index is 1.71. The van der Waals surface area contributed by atoms with Crippen LogP contribution < -0.4 is 10.4 Å². The van der Waals surface area contributed by atoms with Gasteiger partial charge in [-0.25, -0.2) is 4.98 Å². The summed E-state index contributed by atoms with van der Waals surface area (Å²) in [4.78, 5) is 6.82. The van der Waals surface area contributed by atoms with Crippen molar-refractivity contribution in [1.29, 1.82) is 0 Å². The number of anilines is 1. The molecule has 0 amide bonds. The van der Waals surface area contributed by atoms with Crippen LogP contribution in [0.5, 0.6) is 0 Å². The van der Waals surface area contributed by atoms with Gasteiger partial charge in [0, 0.05) is 31.4 Å². The molecule has 2 aliphatic heterocycles. The second-order valence-corrected chi connectivity index (χ2v) is 8.13. The van der Waals surface area contributed by atoms with Crippen LogP contribution >= 0.6 is 0 Å². The van der Waals surface area contributed by atoms with Crippen molar-refractivity contribution in [1.82, 2.24) is 4.98 Å². The first-order valence-corrected chi connectivity index (χ1v) is 8.97. The molecule has 3 rings (SSSR count). The van der Waals surface area contributed by atoms with Crippen molar-refractivity contribution in [2.75, 3.05) is 24.6 Å². The van der Waals surface area contributed by atoms with Crippen LogP contribution in [0.3, 0.4) is 0 Å². The first-order chi connectivity index (χ1) is 11.3. The Kier molecular flexibility index (Phi) is 4.91. The van der Waals surface area contributed by atoms with Crippen LogP contribution in [-0.4, -0.2) is 48.6 Å². The quantitative estimate of drug-likeness (QED) is 0.840. The molecule has 6 heteroatoms. The standard InChI is InChI=1S/C18H29BN2O3/c1-17(2)9-12-23-19(24-18(17,3)4)14-5-6-16(20-13-14)21-10-7-15(22)8-11-21/h5-6,13,15,22H,7-12H2,1-4H3. The molecule has 1 N–H and O–H groups in total. The molecule has 2 fully saturated rings. The molecule has 2 saturated heterocycles. The van der Waals surface area contributed by atoms with E-state index in [4.69, 9.17) is 9.31 Å². The number of pyridine rings is 1. The van der Waals surface area contributed by atoms with Crippen molar-refractivity contribution in [3.8, 4) is 0 Å². The molecule has 132 valence electrons. The summed E-state index contributed by atoms with van der Waals surface area (Å²) in [6, 6.07) is 4.08. The van der Waals surface area contributed by atoms with Gasteiger partial charge in [0.2, 0.25) is 0 Å². The lowest BCUT2D eigenvalue weighted by molar-refractivity contribution is -0.00979. The first kappa shape index (κ1) is 17.7. The van der Waals surface area contributed by atoms with Gasteiger partial charge in [0.05, 0.1) is 11.7 Å². The van der Waals surface area contributed by atoms with Crippen LogP contribution in [-0.2, 0) is 9.31 Å². The van der Waals surface area contributed by atoms with E-state index in [1.807, 2.05) is 18.3 Å². The molecular formula is C18H29BN2O3. The van der Waals surface area contributed by atoms with Crippen molar-refractivity contribution < 1.29 is 14.4 Å². The van der Waals surface area contributed by atoms with E-state index < -0.39 is 0 Å². The van der Waals surface area contributed by atoms with Crippen LogP contribution in [0, 0.1) is 5.41 Å². The predicted molar refractivity (Wildman–Crippen MR) is 96.6 cm³/mol. The molecule has 1 aromatic heterocycles. The molecule has 0 atom stereocenters. The van der Waals surface area contributed by atoms with Gasteiger partial charge in [0.15, 0.2) is 0 Å². The smallest absolute Gasteiger partial charge is 0.407 e. The van der Waals surface area contributed by atoms with Crippen LogP contribution in [0.1, 0.15) is 47.0 Å². The highest BCUT2D eigenvalue weighted by atomic mass is 16.6. The van der Waals surface area contributed by atoms with Crippen LogP contribution in [0.25, 0.3) is 0 Å². The molecule has 1 aromatic rings. The molecule has 0 aromatic carbocycles. The molecule has 3 heterocycles. The van der Waals surface area contributed by atoms with Crippen LogP contribution in [0.2, 0.25) is 0 Å². The van der Waals surface area contributed by atoms with Gasteiger partial charge >= 0.3 is 7.12 Å². The second kappa shape index (κ2) is 6.66. The predicted octanol–water partition coefficient (Wildman–Crippen LogP) is 1.98. The van der Waals surface area contributed by atoms with Gasteiger partial charge < -0.3 is 19.3 Å². The number of aliphatic hydroxyl groups is 1. The van der Waals surface area contributed by atoms with E-state index in [2.05, 4.69) is 37.6 Å². The molecule has 0 unspecified atom stereocenters. The minimum atomic E-state index is -0.369. The largest absolute Gasteiger partial charge is 0.495 e. The highest BCUT2D eigenvalue weighted by Crippen LogP contribution is 2.39. The van der Waals surface area contributed by atoms with Gasteiger partial charge in [-0.1, -0.05) is 19.9 Å². The maximum absolute atomic E-state index is 9.63. The summed E-state index contributed by atoms with van der Waals surface area (Å²) in [5.74, 6) is 0.957. The Bertz CT molecular complexity index is 554. The minimum Gasteiger partial charge on any atom is -0.407 e. The number of hydrogen-bond acceptors (Lipinski definition) is 5. The topological polar surface area (TPSA) is 54.8 Å². The molecule has 24 heavy (non-hydrogen) atoms. The Morgan fingerprint density at radius 1 is 1.21 bits per heavy atom. The lowest BCUT2D eigenvalue weighted by Crippen LogP contribution is -2.47. The third-order valence-electron chi connectivity index (χ3n) is 5.86. The summed E-state index contributed by atoms with van der Waals surface area (Å²) in [5.41, 5.74) is 0.751. The average Bonchev–Trinajstić information content (AvgIpc) is 2.64. The van der Waals surface area contributed by atoms with E-state index in [1.54, 1.807) is 0 Å². The van der Waals surface area contributed by atoms with Crippen molar-refractivity contribution in [3.05, 3.63) is 18.3 Å². The SMILES string of the molecule is CC1(C)CCOB(c2ccc(N3CCC(O)CC3)nc2)OC1(C)C. The number of nitrogens with zero attached hydrogens (tertiary/aromatic N) is 2. The number of hydrogen-bond donors (Lipinski definition) is 1. The van der Waals surface area contributed by atoms with Crippen molar-refractivity contribution >= 4 is 18.4 Å². The molecule has 0 spiro atoms. The fraction of sp³-hybridized carbons (Fsp3) is 0.722. The average molecular weight is 332 g/mol. The molecule has 2 aliphatic rings. The minimum absolute atomic E-state index is 0.0593. The van der Waals surface area contributed by atoms with Crippen molar-refractivity contribution in [3.63, 3.8) is 0 Å². The van der Waals surface area contributed by atoms with Crippen molar-refractivity contribution in [2.45, 2.75) is 58.7 Å². The molecular weight excluding hydrogens is 303 g/mol. The van der Waals surface area contributed by atoms with Gasteiger partial charge in [0.25, 0.3) is 0 Å². The van der Waals surface area contributed by atoms with Gasteiger partial charge in [-0.2, -0.15) is 0 Å². The van der Waals surface area contributed by atoms with Crippen LogP contribution in [0.4, 0.5) is 5.82 Å². The summed E-state index contributed by atoms with van der Waals surface area (Å²) < 4.78 is 12.2. The highest BCUT2D eigenvalue weighted by Gasteiger charge is 2.44. The van der Waals surface area contributed by atoms with E-state index in [9.17, 15) is 5.11 Å². The summed E-state index contributed by atoms with van der Waals surface area (Å²) >= 11 is 0. The van der Waals surface area contributed by atoms with E-state index >= 15 is 0 Å². The normalized spacial score (nSPS) is 24.7. The van der Waals surface area contributed by atoms with Gasteiger partial charge in [0.1, 0.15) is 5.82 Å². The van der Waals surface area contributed by atoms with E-state index in [0.717, 1.165) is 43.6 Å². The highest BCUT2D eigenvalue weighted by molar-refractivity contribution is 6.61. The Morgan fingerprint density at radius 2 is 1.92 bits per heavy atom. The Morgan fingerprint density at radius 3 is 2.54 bits per heavy atom. The lowest BCUT2D eigenvalue weighted by atomic mass is 9.73. The lowest BCUT2D eigenvalue weighted by Gasteiger charge is -2.40. The third kappa shape index (κ3) is 3.61. The fourth-order valence-corrected chi connectivity index (χ4v) is 3.17. The van der Waals surface area contributed by atoms with E-state index in [-0.39, 0.29) is 24.2 Å². The van der Waals surface area contributed by atoms with E-state index in [0.29, 0.717) is 6.61 Å². The molecule has 0 bridgehead atoms. The van der Waals surface area contributed by atoms with Crippen molar-refractivity contribution in [2.24, 2.45) is 5.41 Å². The summed E-state index contributed by atoms with van der Waals surface area (Å²) in [6.07, 6.45) is 4.28. The monoisotopic (exact) mass is 332 g/mol. The summed E-state index contributed by atoms with van der Waals surface area (Å²) in [6.45, 7) is 11.1.